The molecule has 1 aromatic heterocycles. The van der Waals surface area contributed by atoms with Crippen molar-refractivity contribution in [2.45, 2.75) is 39.2 Å². The summed E-state index contributed by atoms with van der Waals surface area (Å²) >= 11 is 0. The first-order valence-corrected chi connectivity index (χ1v) is 7.78. The van der Waals surface area contributed by atoms with E-state index in [9.17, 15) is 0 Å². The maximum absolute atomic E-state index is 5.90. The lowest BCUT2D eigenvalue weighted by Crippen LogP contribution is -2.52. The van der Waals surface area contributed by atoms with Crippen LogP contribution < -0.4 is 10.6 Å². The number of anilines is 1. The molecule has 2 rings (SSSR count). The Hall–Kier alpha value is -1.20. The molecule has 2 N–H and O–H groups in total. The molecule has 1 atom stereocenters. The Morgan fingerprint density at radius 1 is 1.20 bits per heavy atom. The minimum Gasteiger partial charge on any atom is -0.354 e. The summed E-state index contributed by atoms with van der Waals surface area (Å²) in [6.45, 7) is 9.33. The summed E-state index contributed by atoms with van der Waals surface area (Å²) in [5.41, 5.74) is 7.01. The highest BCUT2D eigenvalue weighted by Gasteiger charge is 2.23. The zero-order valence-electron chi connectivity index (χ0n) is 12.8. The van der Waals surface area contributed by atoms with Crippen LogP contribution in [0, 0.1) is 0 Å². The number of aromatic nitrogens is 2. The molecule has 0 spiro atoms. The van der Waals surface area contributed by atoms with Crippen molar-refractivity contribution in [2.24, 2.45) is 5.73 Å². The minimum atomic E-state index is 0.541. The van der Waals surface area contributed by atoms with Gasteiger partial charge in [-0.25, -0.2) is 9.97 Å². The number of nitrogens with two attached hydrogens (primary N) is 1. The molecule has 0 saturated carbocycles. The van der Waals surface area contributed by atoms with E-state index in [-0.39, 0.29) is 0 Å². The first kappa shape index (κ1) is 15.2. The zero-order valence-corrected chi connectivity index (χ0v) is 12.8. The van der Waals surface area contributed by atoms with Crippen molar-refractivity contribution in [2.75, 3.05) is 37.6 Å². The van der Waals surface area contributed by atoms with Crippen LogP contribution in [0.25, 0.3) is 0 Å². The Labute approximate surface area is 122 Å². The highest BCUT2D eigenvalue weighted by molar-refractivity contribution is 5.39. The van der Waals surface area contributed by atoms with Crippen LogP contribution in [0.15, 0.2) is 12.4 Å². The molecule has 1 aromatic rings. The van der Waals surface area contributed by atoms with Gasteiger partial charge in [0.2, 0.25) is 0 Å². The smallest absolute Gasteiger partial charge is 0.132 e. The molecule has 0 aliphatic carbocycles. The third-order valence-corrected chi connectivity index (χ3v) is 4.12. The van der Waals surface area contributed by atoms with Crippen LogP contribution in [-0.2, 0) is 6.42 Å². The lowest BCUT2D eigenvalue weighted by molar-refractivity contribution is 0.179. The van der Waals surface area contributed by atoms with Gasteiger partial charge in [0, 0.05) is 50.5 Å². The molecule has 0 bridgehead atoms. The standard InChI is InChI=1S/C15H27N5/c1-3-5-14(11-16)19-6-8-20(9-7-19)15-10-13(4-2)17-12-18-15/h10,12,14H,3-9,11,16H2,1-2H3. The second-order valence-electron chi connectivity index (χ2n) is 5.42. The van der Waals surface area contributed by atoms with E-state index in [4.69, 9.17) is 5.73 Å². The van der Waals surface area contributed by atoms with Crippen LogP contribution in [0.4, 0.5) is 5.82 Å². The average Bonchev–Trinajstić information content (AvgIpc) is 2.53. The Morgan fingerprint density at radius 2 is 1.95 bits per heavy atom. The van der Waals surface area contributed by atoms with E-state index in [0.29, 0.717) is 6.04 Å². The summed E-state index contributed by atoms with van der Waals surface area (Å²) in [4.78, 5) is 13.6. The van der Waals surface area contributed by atoms with Gasteiger partial charge in [0.1, 0.15) is 12.1 Å². The number of hydrogen-bond acceptors (Lipinski definition) is 5. The average molecular weight is 277 g/mol. The van der Waals surface area contributed by atoms with E-state index < -0.39 is 0 Å². The molecule has 0 radical (unpaired) electrons. The molecule has 1 aliphatic heterocycles. The van der Waals surface area contributed by atoms with E-state index in [1.165, 1.54) is 12.8 Å². The molecule has 5 heteroatoms. The molecule has 1 unspecified atom stereocenters. The zero-order chi connectivity index (χ0) is 14.4. The van der Waals surface area contributed by atoms with Crippen LogP contribution >= 0.6 is 0 Å². The Kier molecular flexibility index (Phi) is 5.73. The summed E-state index contributed by atoms with van der Waals surface area (Å²) in [6.07, 6.45) is 5.04. The predicted octanol–water partition coefficient (Wildman–Crippen LogP) is 1.29. The van der Waals surface area contributed by atoms with Crippen molar-refractivity contribution >= 4 is 5.82 Å². The Balaban J connectivity index is 1.93. The van der Waals surface area contributed by atoms with Crippen molar-refractivity contribution in [3.05, 3.63) is 18.1 Å². The molecule has 1 fully saturated rings. The summed E-state index contributed by atoms with van der Waals surface area (Å²) in [7, 11) is 0. The predicted molar refractivity (Wildman–Crippen MR) is 82.9 cm³/mol. The van der Waals surface area contributed by atoms with Gasteiger partial charge >= 0.3 is 0 Å². The Bertz CT molecular complexity index is 401. The molecule has 0 aromatic carbocycles. The Morgan fingerprint density at radius 3 is 2.55 bits per heavy atom. The van der Waals surface area contributed by atoms with Crippen LogP contribution in [0.1, 0.15) is 32.4 Å². The molecular formula is C15H27N5. The molecule has 0 amide bonds. The fraction of sp³-hybridized carbons (Fsp3) is 0.733. The fourth-order valence-corrected chi connectivity index (χ4v) is 2.85. The van der Waals surface area contributed by atoms with Gasteiger partial charge in [-0.1, -0.05) is 20.3 Å². The molecule has 5 nitrogen and oxygen atoms in total. The van der Waals surface area contributed by atoms with Crippen molar-refractivity contribution in [3.8, 4) is 0 Å². The first-order chi connectivity index (χ1) is 9.78. The van der Waals surface area contributed by atoms with E-state index >= 15 is 0 Å². The van der Waals surface area contributed by atoms with E-state index in [2.05, 4.69) is 39.7 Å². The molecule has 20 heavy (non-hydrogen) atoms. The van der Waals surface area contributed by atoms with Gasteiger partial charge in [-0.2, -0.15) is 0 Å². The van der Waals surface area contributed by atoms with Crippen molar-refractivity contribution in [1.82, 2.24) is 14.9 Å². The molecule has 1 aliphatic rings. The normalized spacial score (nSPS) is 18.2. The number of rotatable bonds is 6. The van der Waals surface area contributed by atoms with Gasteiger partial charge in [-0.05, 0) is 12.8 Å². The molecule has 112 valence electrons. The van der Waals surface area contributed by atoms with Gasteiger partial charge < -0.3 is 10.6 Å². The highest BCUT2D eigenvalue weighted by Crippen LogP contribution is 2.16. The number of hydrogen-bond donors (Lipinski definition) is 1. The number of aryl methyl sites for hydroxylation is 1. The van der Waals surface area contributed by atoms with Gasteiger partial charge in [-0.3, -0.25) is 4.90 Å². The summed E-state index contributed by atoms with van der Waals surface area (Å²) < 4.78 is 0. The van der Waals surface area contributed by atoms with Crippen molar-refractivity contribution in [1.29, 1.82) is 0 Å². The fourth-order valence-electron chi connectivity index (χ4n) is 2.85. The number of nitrogens with zero attached hydrogens (tertiary/aromatic N) is 4. The third-order valence-electron chi connectivity index (χ3n) is 4.12. The van der Waals surface area contributed by atoms with Gasteiger partial charge in [0.25, 0.3) is 0 Å². The maximum Gasteiger partial charge on any atom is 0.132 e. The van der Waals surface area contributed by atoms with Crippen LogP contribution in [0.3, 0.4) is 0 Å². The lowest BCUT2D eigenvalue weighted by atomic mass is 10.1. The monoisotopic (exact) mass is 277 g/mol. The summed E-state index contributed by atoms with van der Waals surface area (Å²) in [6, 6.07) is 2.65. The first-order valence-electron chi connectivity index (χ1n) is 7.78. The highest BCUT2D eigenvalue weighted by atomic mass is 15.3. The molecule has 2 heterocycles. The third kappa shape index (κ3) is 3.67. The topological polar surface area (TPSA) is 58.3 Å². The van der Waals surface area contributed by atoms with Crippen molar-refractivity contribution < 1.29 is 0 Å². The molecule has 1 saturated heterocycles. The van der Waals surface area contributed by atoms with E-state index in [0.717, 1.165) is 50.7 Å². The summed E-state index contributed by atoms with van der Waals surface area (Å²) in [5.74, 6) is 1.07. The molecular weight excluding hydrogens is 250 g/mol. The van der Waals surface area contributed by atoms with Crippen LogP contribution in [-0.4, -0.2) is 53.6 Å². The van der Waals surface area contributed by atoms with E-state index in [1.54, 1.807) is 6.33 Å². The lowest BCUT2D eigenvalue weighted by Gasteiger charge is -2.39. The largest absolute Gasteiger partial charge is 0.354 e. The number of piperazine rings is 1. The second-order valence-corrected chi connectivity index (χ2v) is 5.42. The summed E-state index contributed by atoms with van der Waals surface area (Å²) in [5, 5.41) is 0. The minimum absolute atomic E-state index is 0.541. The van der Waals surface area contributed by atoms with Gasteiger partial charge in [-0.15, -0.1) is 0 Å². The quantitative estimate of drug-likeness (QED) is 0.849. The maximum atomic E-state index is 5.90. The van der Waals surface area contributed by atoms with Gasteiger partial charge in [0.15, 0.2) is 0 Å². The van der Waals surface area contributed by atoms with E-state index in [1.807, 2.05) is 0 Å². The van der Waals surface area contributed by atoms with Crippen LogP contribution in [0.2, 0.25) is 0 Å². The second kappa shape index (κ2) is 7.55. The van der Waals surface area contributed by atoms with Gasteiger partial charge in [0.05, 0.1) is 0 Å². The van der Waals surface area contributed by atoms with Crippen molar-refractivity contribution in [3.63, 3.8) is 0 Å². The van der Waals surface area contributed by atoms with Crippen LogP contribution in [0.5, 0.6) is 0 Å². The SMILES string of the molecule is CCCC(CN)N1CCN(c2cc(CC)ncn2)CC1.